The molecule has 1 aromatic heterocycles. The molecule has 0 aliphatic carbocycles. The number of aryl methyl sites for hydroxylation is 1. The Morgan fingerprint density at radius 3 is 2.68 bits per heavy atom. The van der Waals surface area contributed by atoms with E-state index in [2.05, 4.69) is 4.98 Å². The molecule has 0 bridgehead atoms. The molecule has 19 heavy (non-hydrogen) atoms. The van der Waals surface area contributed by atoms with Crippen molar-refractivity contribution >= 4 is 16.9 Å². The smallest absolute Gasteiger partial charge is 0.312 e. The highest BCUT2D eigenvalue weighted by molar-refractivity contribution is 5.87. The highest BCUT2D eigenvalue weighted by Crippen LogP contribution is 2.37. The molecule has 3 rings (SSSR count). The summed E-state index contributed by atoms with van der Waals surface area (Å²) in [7, 11) is 0. The van der Waals surface area contributed by atoms with Gasteiger partial charge in [-0.15, -0.1) is 0 Å². The van der Waals surface area contributed by atoms with Crippen LogP contribution in [0.4, 0.5) is 0 Å². The number of ether oxygens (including phenoxy) is 2. The van der Waals surface area contributed by atoms with E-state index < -0.39 is 11.9 Å². The third-order valence-corrected chi connectivity index (χ3v) is 3.34. The fourth-order valence-corrected chi connectivity index (χ4v) is 2.16. The number of benzene rings is 1. The summed E-state index contributed by atoms with van der Waals surface area (Å²) in [6.07, 6.45) is 0. The molecule has 2 heterocycles. The van der Waals surface area contributed by atoms with E-state index in [-0.39, 0.29) is 6.79 Å². The summed E-state index contributed by atoms with van der Waals surface area (Å²) in [5.74, 6) is -0.156. The van der Waals surface area contributed by atoms with Crippen molar-refractivity contribution in [3.63, 3.8) is 0 Å². The van der Waals surface area contributed by atoms with Gasteiger partial charge in [-0.05, 0) is 31.5 Å². The molecule has 0 saturated carbocycles. The standard InChI is InChI=1S/C14H13NO4/c1-7-3-10(8(2)14(16)17)15-11-5-13-12(4-9(7)11)18-6-19-13/h3-5,8H,6H2,1-2H3,(H,16,17). The molecule has 1 aliphatic heterocycles. The van der Waals surface area contributed by atoms with Crippen molar-refractivity contribution in [1.82, 2.24) is 4.98 Å². The Kier molecular flexibility index (Phi) is 2.55. The molecule has 0 amide bonds. The first-order chi connectivity index (χ1) is 9.06. The first-order valence-corrected chi connectivity index (χ1v) is 6.00. The first-order valence-electron chi connectivity index (χ1n) is 6.00. The van der Waals surface area contributed by atoms with E-state index in [1.807, 2.05) is 19.1 Å². The number of pyridine rings is 1. The minimum atomic E-state index is -0.882. The predicted molar refractivity (Wildman–Crippen MR) is 68.7 cm³/mol. The van der Waals surface area contributed by atoms with Gasteiger partial charge in [0, 0.05) is 11.5 Å². The summed E-state index contributed by atoms with van der Waals surface area (Å²) in [4.78, 5) is 15.5. The van der Waals surface area contributed by atoms with E-state index in [0.29, 0.717) is 17.2 Å². The number of carboxylic acids is 1. The fourth-order valence-electron chi connectivity index (χ4n) is 2.16. The lowest BCUT2D eigenvalue weighted by atomic mass is 10.0. The molecule has 1 atom stereocenters. The SMILES string of the molecule is Cc1cc(C(C)C(=O)O)nc2cc3c(cc12)OCO3. The minimum Gasteiger partial charge on any atom is -0.481 e. The van der Waals surface area contributed by atoms with Crippen LogP contribution in [0.15, 0.2) is 18.2 Å². The Hall–Kier alpha value is -2.30. The summed E-state index contributed by atoms with van der Waals surface area (Å²) in [6, 6.07) is 5.49. The van der Waals surface area contributed by atoms with Crippen molar-refractivity contribution in [1.29, 1.82) is 0 Å². The van der Waals surface area contributed by atoms with Gasteiger partial charge >= 0.3 is 5.97 Å². The highest BCUT2D eigenvalue weighted by Gasteiger charge is 2.19. The molecule has 5 nitrogen and oxygen atoms in total. The first kappa shape index (κ1) is 11.8. The molecular formula is C14H13NO4. The molecule has 0 saturated heterocycles. The average Bonchev–Trinajstić information content (AvgIpc) is 2.82. The second-order valence-corrected chi connectivity index (χ2v) is 4.65. The zero-order chi connectivity index (χ0) is 13.6. The van der Waals surface area contributed by atoms with Crippen LogP contribution in [0.5, 0.6) is 11.5 Å². The molecule has 5 heteroatoms. The molecule has 1 N–H and O–H groups in total. The summed E-state index contributed by atoms with van der Waals surface area (Å²) >= 11 is 0. The number of aliphatic carboxylic acids is 1. The van der Waals surface area contributed by atoms with Crippen molar-refractivity contribution in [2.75, 3.05) is 6.79 Å². The summed E-state index contributed by atoms with van der Waals surface area (Å²) in [6.45, 7) is 3.77. The molecular weight excluding hydrogens is 246 g/mol. The van der Waals surface area contributed by atoms with E-state index >= 15 is 0 Å². The van der Waals surface area contributed by atoms with Crippen LogP contribution >= 0.6 is 0 Å². The van der Waals surface area contributed by atoms with Crippen molar-refractivity contribution in [3.05, 3.63) is 29.5 Å². The van der Waals surface area contributed by atoms with Gasteiger partial charge in [0.15, 0.2) is 11.5 Å². The fraction of sp³-hybridized carbons (Fsp3) is 0.286. The van der Waals surface area contributed by atoms with Gasteiger partial charge in [-0.1, -0.05) is 0 Å². The van der Waals surface area contributed by atoms with E-state index in [0.717, 1.165) is 16.5 Å². The van der Waals surface area contributed by atoms with Crippen LogP contribution in [0.1, 0.15) is 24.1 Å². The molecule has 0 fully saturated rings. The normalized spacial score (nSPS) is 14.6. The van der Waals surface area contributed by atoms with Gasteiger partial charge in [0.1, 0.15) is 0 Å². The molecule has 1 unspecified atom stereocenters. The monoisotopic (exact) mass is 259 g/mol. The number of hydrogen-bond donors (Lipinski definition) is 1. The van der Waals surface area contributed by atoms with Crippen LogP contribution in [-0.2, 0) is 4.79 Å². The van der Waals surface area contributed by atoms with Crippen LogP contribution in [0.25, 0.3) is 10.9 Å². The number of carboxylic acid groups (broad SMARTS) is 1. The lowest BCUT2D eigenvalue weighted by molar-refractivity contribution is -0.138. The van der Waals surface area contributed by atoms with Crippen molar-refractivity contribution in [2.45, 2.75) is 19.8 Å². The molecule has 98 valence electrons. The molecule has 0 radical (unpaired) electrons. The third-order valence-electron chi connectivity index (χ3n) is 3.34. The molecule has 1 aromatic carbocycles. The third kappa shape index (κ3) is 1.87. The maximum atomic E-state index is 11.0. The van der Waals surface area contributed by atoms with Crippen LogP contribution in [0.2, 0.25) is 0 Å². The quantitative estimate of drug-likeness (QED) is 0.897. The molecule has 0 spiro atoms. The Morgan fingerprint density at radius 2 is 2.00 bits per heavy atom. The minimum absolute atomic E-state index is 0.211. The summed E-state index contributed by atoms with van der Waals surface area (Å²) in [5, 5.41) is 10.0. The van der Waals surface area contributed by atoms with Crippen LogP contribution in [-0.4, -0.2) is 22.9 Å². The Morgan fingerprint density at radius 1 is 1.32 bits per heavy atom. The average molecular weight is 259 g/mol. The van der Waals surface area contributed by atoms with Gasteiger partial charge in [0.05, 0.1) is 17.1 Å². The molecule has 2 aromatic rings. The Labute approximate surface area is 109 Å². The topological polar surface area (TPSA) is 68.7 Å². The van der Waals surface area contributed by atoms with Crippen LogP contribution in [0, 0.1) is 6.92 Å². The second-order valence-electron chi connectivity index (χ2n) is 4.65. The van der Waals surface area contributed by atoms with E-state index in [4.69, 9.17) is 14.6 Å². The maximum absolute atomic E-state index is 11.0. The number of fused-ring (bicyclic) bond motifs is 2. The van der Waals surface area contributed by atoms with Crippen molar-refractivity contribution in [3.8, 4) is 11.5 Å². The van der Waals surface area contributed by atoms with Gasteiger partial charge in [0.25, 0.3) is 0 Å². The Balaban J connectivity index is 2.20. The van der Waals surface area contributed by atoms with Gasteiger partial charge in [0.2, 0.25) is 6.79 Å². The van der Waals surface area contributed by atoms with Crippen molar-refractivity contribution < 1.29 is 19.4 Å². The van der Waals surface area contributed by atoms with E-state index in [9.17, 15) is 4.79 Å². The van der Waals surface area contributed by atoms with Gasteiger partial charge in [-0.3, -0.25) is 9.78 Å². The highest BCUT2D eigenvalue weighted by atomic mass is 16.7. The maximum Gasteiger partial charge on any atom is 0.312 e. The van der Waals surface area contributed by atoms with E-state index in [1.165, 1.54) is 0 Å². The van der Waals surface area contributed by atoms with Crippen molar-refractivity contribution in [2.24, 2.45) is 0 Å². The number of aromatic nitrogens is 1. The lowest BCUT2D eigenvalue weighted by Gasteiger charge is -2.10. The van der Waals surface area contributed by atoms with E-state index in [1.54, 1.807) is 13.0 Å². The zero-order valence-electron chi connectivity index (χ0n) is 10.6. The lowest BCUT2D eigenvalue weighted by Crippen LogP contribution is -2.09. The number of hydrogen-bond acceptors (Lipinski definition) is 4. The number of rotatable bonds is 2. The Bertz CT molecular complexity index is 681. The summed E-state index contributed by atoms with van der Waals surface area (Å²) in [5.41, 5.74) is 2.26. The van der Waals surface area contributed by atoms with Crippen LogP contribution in [0.3, 0.4) is 0 Å². The van der Waals surface area contributed by atoms with Crippen LogP contribution < -0.4 is 9.47 Å². The number of carbonyl (C=O) groups is 1. The molecule has 1 aliphatic rings. The largest absolute Gasteiger partial charge is 0.481 e. The predicted octanol–water partition coefficient (Wildman–Crippen LogP) is 2.46. The zero-order valence-corrected chi connectivity index (χ0v) is 10.6. The van der Waals surface area contributed by atoms with Gasteiger partial charge in [-0.2, -0.15) is 0 Å². The van der Waals surface area contributed by atoms with Gasteiger partial charge in [-0.25, -0.2) is 0 Å². The number of nitrogens with zero attached hydrogens (tertiary/aromatic N) is 1. The van der Waals surface area contributed by atoms with Gasteiger partial charge < -0.3 is 14.6 Å². The summed E-state index contributed by atoms with van der Waals surface area (Å²) < 4.78 is 10.6. The second kappa shape index (κ2) is 4.12.